The largest absolute Gasteiger partial charge is 0.497 e. The molecule has 2 rings (SSSR count). The highest BCUT2D eigenvalue weighted by atomic mass is 32.2. The SMILES string of the molecule is CC[C@H](C(=O)NC(C)C)N(Cc1cccc(OC)c1)C(=O)CN(c1cc(C)ccc1C)S(C)(=O)=O. The number of amides is 2. The Balaban J connectivity index is 2.50. The number of benzene rings is 2. The quantitative estimate of drug-likeness (QED) is 0.507. The highest BCUT2D eigenvalue weighted by Gasteiger charge is 2.32. The van der Waals surface area contributed by atoms with Crippen molar-refractivity contribution in [1.29, 1.82) is 0 Å². The van der Waals surface area contributed by atoms with Crippen molar-refractivity contribution >= 4 is 27.5 Å². The van der Waals surface area contributed by atoms with Crippen molar-refractivity contribution in [3.8, 4) is 5.75 Å². The molecule has 0 unspecified atom stereocenters. The molecule has 8 nitrogen and oxygen atoms in total. The van der Waals surface area contributed by atoms with E-state index in [0.717, 1.165) is 27.3 Å². The lowest BCUT2D eigenvalue weighted by molar-refractivity contribution is -0.140. The minimum Gasteiger partial charge on any atom is -0.497 e. The third kappa shape index (κ3) is 7.71. The molecule has 2 amide bonds. The molecule has 2 aromatic rings. The Morgan fingerprint density at radius 3 is 2.34 bits per heavy atom. The van der Waals surface area contributed by atoms with Crippen LogP contribution < -0.4 is 14.4 Å². The summed E-state index contributed by atoms with van der Waals surface area (Å²) in [5.41, 5.74) is 2.83. The normalized spacial score (nSPS) is 12.2. The minimum atomic E-state index is -3.78. The molecule has 0 saturated heterocycles. The molecule has 0 aliphatic carbocycles. The molecule has 0 aromatic heterocycles. The fourth-order valence-corrected chi connectivity index (χ4v) is 4.75. The molecule has 1 atom stereocenters. The number of nitrogens with zero attached hydrogens (tertiary/aromatic N) is 2. The molecule has 35 heavy (non-hydrogen) atoms. The van der Waals surface area contributed by atoms with E-state index in [1.807, 2.05) is 52.0 Å². The number of hydrogen-bond donors (Lipinski definition) is 1. The number of anilines is 1. The van der Waals surface area contributed by atoms with Crippen molar-refractivity contribution in [1.82, 2.24) is 10.2 Å². The Morgan fingerprint density at radius 1 is 1.09 bits per heavy atom. The molecule has 192 valence electrons. The second-order valence-electron chi connectivity index (χ2n) is 9.02. The zero-order valence-corrected chi connectivity index (χ0v) is 22.5. The summed E-state index contributed by atoms with van der Waals surface area (Å²) in [7, 11) is -2.22. The zero-order chi connectivity index (χ0) is 26.3. The summed E-state index contributed by atoms with van der Waals surface area (Å²) < 4.78 is 32.0. The van der Waals surface area contributed by atoms with Crippen LogP contribution >= 0.6 is 0 Å². The number of ether oxygens (including phenoxy) is 1. The van der Waals surface area contributed by atoms with Crippen LogP contribution in [0.2, 0.25) is 0 Å². The number of nitrogens with one attached hydrogen (secondary N) is 1. The second kappa shape index (κ2) is 12.1. The maximum absolute atomic E-state index is 13.7. The van der Waals surface area contributed by atoms with Crippen molar-refractivity contribution in [2.24, 2.45) is 0 Å². The number of carbonyl (C=O) groups excluding carboxylic acids is 2. The fraction of sp³-hybridized carbons (Fsp3) is 0.462. The number of methoxy groups -OCH3 is 1. The highest BCUT2D eigenvalue weighted by Crippen LogP contribution is 2.25. The van der Waals surface area contributed by atoms with Gasteiger partial charge in [-0.05, 0) is 69.0 Å². The van der Waals surface area contributed by atoms with E-state index in [1.165, 1.54) is 4.90 Å². The van der Waals surface area contributed by atoms with Gasteiger partial charge in [-0.2, -0.15) is 0 Å². The van der Waals surface area contributed by atoms with Crippen LogP contribution in [0.4, 0.5) is 5.69 Å². The molecule has 1 N–H and O–H groups in total. The summed E-state index contributed by atoms with van der Waals surface area (Å²) >= 11 is 0. The summed E-state index contributed by atoms with van der Waals surface area (Å²) in [4.78, 5) is 28.2. The van der Waals surface area contributed by atoms with E-state index >= 15 is 0 Å². The van der Waals surface area contributed by atoms with Crippen molar-refractivity contribution in [2.75, 3.05) is 24.2 Å². The topological polar surface area (TPSA) is 96.0 Å². The van der Waals surface area contributed by atoms with Gasteiger partial charge in [-0.3, -0.25) is 13.9 Å². The van der Waals surface area contributed by atoms with Gasteiger partial charge in [0.1, 0.15) is 18.3 Å². The van der Waals surface area contributed by atoms with E-state index in [-0.39, 0.29) is 18.5 Å². The van der Waals surface area contributed by atoms with Crippen LogP contribution in [0.15, 0.2) is 42.5 Å². The predicted octanol–water partition coefficient (Wildman–Crippen LogP) is 3.41. The average molecular weight is 504 g/mol. The van der Waals surface area contributed by atoms with Crippen LogP contribution in [0, 0.1) is 13.8 Å². The molecular weight excluding hydrogens is 466 g/mol. The van der Waals surface area contributed by atoms with Gasteiger partial charge in [-0.15, -0.1) is 0 Å². The van der Waals surface area contributed by atoms with Crippen LogP contribution in [0.1, 0.15) is 43.9 Å². The van der Waals surface area contributed by atoms with E-state index in [2.05, 4.69) is 5.32 Å². The molecule has 0 aliphatic heterocycles. The van der Waals surface area contributed by atoms with Crippen molar-refractivity contribution < 1.29 is 22.7 Å². The van der Waals surface area contributed by atoms with Gasteiger partial charge in [-0.25, -0.2) is 8.42 Å². The molecule has 0 heterocycles. The predicted molar refractivity (Wildman–Crippen MR) is 139 cm³/mol. The highest BCUT2D eigenvalue weighted by molar-refractivity contribution is 7.92. The Labute approximate surface area is 209 Å². The van der Waals surface area contributed by atoms with Gasteiger partial charge in [-0.1, -0.05) is 31.2 Å². The maximum Gasteiger partial charge on any atom is 0.244 e. The first-order valence-electron chi connectivity index (χ1n) is 11.6. The number of sulfonamides is 1. The second-order valence-corrected chi connectivity index (χ2v) is 10.9. The zero-order valence-electron chi connectivity index (χ0n) is 21.7. The van der Waals surface area contributed by atoms with E-state index in [1.54, 1.807) is 32.2 Å². The first-order chi connectivity index (χ1) is 16.4. The molecule has 2 aromatic carbocycles. The summed E-state index contributed by atoms with van der Waals surface area (Å²) in [5, 5.41) is 2.88. The number of hydrogen-bond acceptors (Lipinski definition) is 5. The first-order valence-corrected chi connectivity index (χ1v) is 13.5. The average Bonchev–Trinajstić information content (AvgIpc) is 2.77. The fourth-order valence-electron chi connectivity index (χ4n) is 3.85. The molecule has 9 heteroatoms. The van der Waals surface area contributed by atoms with Gasteiger partial charge in [0.25, 0.3) is 0 Å². The Morgan fingerprint density at radius 2 is 1.77 bits per heavy atom. The standard InChI is InChI=1S/C26H37N3O5S/c1-8-23(26(31)27-18(2)3)28(16-21-10-9-11-22(15-21)34-6)25(30)17-29(35(7,32)33)24-14-19(4)12-13-20(24)5/h9-15,18,23H,8,16-17H2,1-7H3,(H,27,31)/t23-/m1/s1. The van der Waals surface area contributed by atoms with Gasteiger partial charge in [0.15, 0.2) is 0 Å². The monoisotopic (exact) mass is 503 g/mol. The maximum atomic E-state index is 13.7. The van der Waals surface area contributed by atoms with E-state index < -0.39 is 28.5 Å². The molecule has 0 saturated carbocycles. The van der Waals surface area contributed by atoms with E-state index in [0.29, 0.717) is 17.9 Å². The first kappa shape index (κ1) is 28.2. The summed E-state index contributed by atoms with van der Waals surface area (Å²) in [5.74, 6) is -0.121. The van der Waals surface area contributed by atoms with Crippen LogP contribution in [0.3, 0.4) is 0 Å². The number of aryl methyl sites for hydroxylation is 2. The van der Waals surface area contributed by atoms with Crippen molar-refractivity contribution in [2.45, 2.75) is 59.7 Å². The van der Waals surface area contributed by atoms with Gasteiger partial charge in [0.2, 0.25) is 21.8 Å². The molecule has 0 aliphatic rings. The van der Waals surface area contributed by atoms with Crippen LogP contribution in [0.5, 0.6) is 5.75 Å². The van der Waals surface area contributed by atoms with Crippen LogP contribution in [-0.2, 0) is 26.2 Å². The van der Waals surface area contributed by atoms with E-state index in [4.69, 9.17) is 4.74 Å². The number of rotatable bonds is 11. The van der Waals surface area contributed by atoms with Crippen LogP contribution in [0.25, 0.3) is 0 Å². The van der Waals surface area contributed by atoms with Crippen LogP contribution in [-0.4, -0.2) is 57.1 Å². The summed E-state index contributed by atoms with van der Waals surface area (Å²) in [6.07, 6.45) is 1.45. The molecule has 0 fully saturated rings. The lowest BCUT2D eigenvalue weighted by Gasteiger charge is -2.33. The molecule has 0 spiro atoms. The Hall–Kier alpha value is -3.07. The van der Waals surface area contributed by atoms with Crippen molar-refractivity contribution in [3.63, 3.8) is 0 Å². The molecule has 0 bridgehead atoms. The van der Waals surface area contributed by atoms with E-state index in [9.17, 15) is 18.0 Å². The molecule has 0 radical (unpaired) electrons. The lowest BCUT2D eigenvalue weighted by atomic mass is 10.1. The molecular formula is C26H37N3O5S. The Bertz CT molecular complexity index is 1150. The smallest absolute Gasteiger partial charge is 0.244 e. The van der Waals surface area contributed by atoms with Gasteiger partial charge < -0.3 is 15.0 Å². The van der Waals surface area contributed by atoms with Crippen molar-refractivity contribution in [3.05, 3.63) is 59.2 Å². The lowest BCUT2D eigenvalue weighted by Crippen LogP contribution is -2.53. The Kier molecular flexibility index (Phi) is 9.71. The number of carbonyl (C=O) groups is 2. The summed E-state index contributed by atoms with van der Waals surface area (Å²) in [6.45, 7) is 8.91. The minimum absolute atomic E-state index is 0.104. The summed E-state index contributed by atoms with van der Waals surface area (Å²) in [6, 6.07) is 11.8. The third-order valence-electron chi connectivity index (χ3n) is 5.62. The van der Waals surface area contributed by atoms with Gasteiger partial charge in [0, 0.05) is 12.6 Å². The third-order valence-corrected chi connectivity index (χ3v) is 6.74. The van der Waals surface area contributed by atoms with Gasteiger partial charge >= 0.3 is 0 Å². The van der Waals surface area contributed by atoms with Gasteiger partial charge in [0.05, 0.1) is 19.1 Å².